The maximum absolute atomic E-state index is 12.4. The molecule has 0 radical (unpaired) electrons. The number of nitrogens with one attached hydrogen (secondary N) is 1. The fourth-order valence-corrected chi connectivity index (χ4v) is 3.27. The molecule has 0 fully saturated rings. The fourth-order valence-electron chi connectivity index (χ4n) is 2.72. The molecule has 0 saturated carbocycles. The molecule has 6 heteroatoms. The zero-order valence-electron chi connectivity index (χ0n) is 12.9. The fraction of sp³-hybridized carbons (Fsp3) is 0.111. The van der Waals surface area contributed by atoms with Gasteiger partial charge in [0.05, 0.1) is 16.1 Å². The van der Waals surface area contributed by atoms with Gasteiger partial charge in [-0.3, -0.25) is 0 Å². The van der Waals surface area contributed by atoms with Gasteiger partial charge in [-0.25, -0.2) is 9.78 Å². The van der Waals surface area contributed by atoms with Gasteiger partial charge in [-0.05, 0) is 55.3 Å². The third-order valence-electron chi connectivity index (χ3n) is 4.10. The number of aromatic amines is 1. The van der Waals surface area contributed by atoms with Crippen LogP contribution in [0, 0.1) is 13.8 Å². The molecule has 0 amide bonds. The maximum atomic E-state index is 12.4. The molecule has 0 aliphatic heterocycles. The summed E-state index contributed by atoms with van der Waals surface area (Å²) in [6.07, 6.45) is 0. The van der Waals surface area contributed by atoms with Crippen molar-refractivity contribution in [2.45, 2.75) is 13.8 Å². The van der Waals surface area contributed by atoms with Crippen LogP contribution in [0.5, 0.6) is 0 Å². The van der Waals surface area contributed by atoms with E-state index in [0.717, 1.165) is 22.2 Å². The molecule has 0 spiro atoms. The standard InChI is InChI=1S/C18H12Cl2N2O2/c1-8-3-14-15(4-9(8)2)22-17(21-14)12-6-10-5-11(19)7-13(20)16(10)24-18(12)23/h3-7H,1-2H3,(H,21,22). The first kappa shape index (κ1) is 15.2. The minimum atomic E-state index is -0.501. The molecule has 120 valence electrons. The second-order valence-corrected chi connectivity index (χ2v) is 6.64. The predicted molar refractivity (Wildman–Crippen MR) is 97.1 cm³/mol. The number of hydrogen-bond donors (Lipinski definition) is 1. The third kappa shape index (κ3) is 2.39. The van der Waals surface area contributed by atoms with Crippen LogP contribution in [0.3, 0.4) is 0 Å². The van der Waals surface area contributed by atoms with Crippen molar-refractivity contribution < 1.29 is 4.42 Å². The number of H-pyrrole nitrogens is 1. The Morgan fingerprint density at radius 2 is 1.79 bits per heavy atom. The van der Waals surface area contributed by atoms with Crippen LogP contribution in [0.4, 0.5) is 0 Å². The Bertz CT molecular complexity index is 1140. The first-order valence-corrected chi connectivity index (χ1v) is 8.08. The van der Waals surface area contributed by atoms with E-state index < -0.39 is 5.63 Å². The molecule has 2 aromatic heterocycles. The average molecular weight is 359 g/mol. The Labute approximate surface area is 147 Å². The van der Waals surface area contributed by atoms with Crippen molar-refractivity contribution in [3.05, 3.63) is 61.9 Å². The molecule has 2 aromatic carbocycles. The SMILES string of the molecule is Cc1cc2nc(-c3cc4cc(Cl)cc(Cl)c4oc3=O)[nH]c2cc1C. The van der Waals surface area contributed by atoms with Crippen molar-refractivity contribution in [2.75, 3.05) is 0 Å². The highest BCUT2D eigenvalue weighted by atomic mass is 35.5. The lowest BCUT2D eigenvalue weighted by Gasteiger charge is -2.02. The van der Waals surface area contributed by atoms with E-state index in [-0.39, 0.29) is 0 Å². The van der Waals surface area contributed by atoms with Crippen molar-refractivity contribution in [2.24, 2.45) is 0 Å². The van der Waals surface area contributed by atoms with E-state index in [1.807, 2.05) is 26.0 Å². The van der Waals surface area contributed by atoms with E-state index in [9.17, 15) is 4.79 Å². The quantitative estimate of drug-likeness (QED) is 0.472. The molecule has 0 atom stereocenters. The van der Waals surface area contributed by atoms with Crippen LogP contribution in [-0.4, -0.2) is 9.97 Å². The molecule has 4 rings (SSSR count). The second kappa shape index (κ2) is 5.36. The lowest BCUT2D eigenvalue weighted by Crippen LogP contribution is -2.03. The van der Waals surface area contributed by atoms with Gasteiger partial charge in [0.2, 0.25) is 0 Å². The van der Waals surface area contributed by atoms with Gasteiger partial charge in [0, 0.05) is 10.4 Å². The summed E-state index contributed by atoms with van der Waals surface area (Å²) in [4.78, 5) is 20.1. The molecule has 0 aliphatic rings. The Kier molecular flexibility index (Phi) is 3.41. The number of aryl methyl sites for hydroxylation is 2. The van der Waals surface area contributed by atoms with Crippen LogP contribution in [0.15, 0.2) is 39.5 Å². The zero-order chi connectivity index (χ0) is 17.0. The summed E-state index contributed by atoms with van der Waals surface area (Å²) in [5, 5.41) is 1.43. The highest BCUT2D eigenvalue weighted by Gasteiger charge is 2.14. The van der Waals surface area contributed by atoms with Gasteiger partial charge in [-0.1, -0.05) is 23.2 Å². The Morgan fingerprint density at radius 1 is 1.04 bits per heavy atom. The zero-order valence-corrected chi connectivity index (χ0v) is 14.4. The van der Waals surface area contributed by atoms with Crippen LogP contribution in [0.25, 0.3) is 33.4 Å². The monoisotopic (exact) mass is 358 g/mol. The number of nitrogens with zero attached hydrogens (tertiary/aromatic N) is 1. The van der Waals surface area contributed by atoms with Crippen LogP contribution in [0.1, 0.15) is 11.1 Å². The molecule has 0 aliphatic carbocycles. The number of fused-ring (bicyclic) bond motifs is 2. The smallest absolute Gasteiger partial charge is 0.347 e. The van der Waals surface area contributed by atoms with Gasteiger partial charge in [0.25, 0.3) is 0 Å². The normalized spacial score (nSPS) is 11.5. The molecular formula is C18H12Cl2N2O2. The van der Waals surface area contributed by atoms with Gasteiger partial charge in [-0.15, -0.1) is 0 Å². The second-order valence-electron chi connectivity index (χ2n) is 5.79. The summed E-state index contributed by atoms with van der Waals surface area (Å²) in [5.41, 5.74) is 4.13. The molecule has 24 heavy (non-hydrogen) atoms. The van der Waals surface area contributed by atoms with Crippen molar-refractivity contribution in [1.29, 1.82) is 0 Å². The van der Waals surface area contributed by atoms with Crippen molar-refractivity contribution in [3.63, 3.8) is 0 Å². The van der Waals surface area contributed by atoms with E-state index in [0.29, 0.717) is 32.4 Å². The summed E-state index contributed by atoms with van der Waals surface area (Å²) in [6.45, 7) is 4.06. The first-order valence-electron chi connectivity index (χ1n) is 7.32. The van der Waals surface area contributed by atoms with E-state index in [1.54, 1.807) is 18.2 Å². The van der Waals surface area contributed by atoms with Gasteiger partial charge in [-0.2, -0.15) is 0 Å². The molecule has 2 heterocycles. The molecule has 4 aromatic rings. The Balaban J connectivity index is 1.99. The lowest BCUT2D eigenvalue weighted by atomic mass is 10.1. The summed E-state index contributed by atoms with van der Waals surface area (Å²) in [6, 6.07) is 8.93. The maximum Gasteiger partial charge on any atom is 0.347 e. The van der Waals surface area contributed by atoms with Crippen molar-refractivity contribution >= 4 is 45.2 Å². The van der Waals surface area contributed by atoms with E-state index >= 15 is 0 Å². The molecular weight excluding hydrogens is 347 g/mol. The Hall–Kier alpha value is -2.30. The molecule has 4 nitrogen and oxygen atoms in total. The number of rotatable bonds is 1. The van der Waals surface area contributed by atoms with Crippen LogP contribution < -0.4 is 5.63 Å². The van der Waals surface area contributed by atoms with Gasteiger partial charge < -0.3 is 9.40 Å². The summed E-state index contributed by atoms with van der Waals surface area (Å²) in [5.74, 6) is 0.460. The highest BCUT2D eigenvalue weighted by molar-refractivity contribution is 6.38. The highest BCUT2D eigenvalue weighted by Crippen LogP contribution is 2.29. The average Bonchev–Trinajstić information content (AvgIpc) is 2.90. The number of benzene rings is 2. The number of halogens is 2. The van der Waals surface area contributed by atoms with E-state index in [2.05, 4.69) is 9.97 Å². The summed E-state index contributed by atoms with van der Waals surface area (Å²) < 4.78 is 5.37. The Morgan fingerprint density at radius 3 is 2.58 bits per heavy atom. The molecule has 0 saturated heterocycles. The van der Waals surface area contributed by atoms with Gasteiger partial charge in [0.15, 0.2) is 5.58 Å². The first-order chi connectivity index (χ1) is 11.4. The minimum absolute atomic E-state index is 0.303. The molecule has 0 unspecified atom stereocenters. The van der Waals surface area contributed by atoms with E-state index in [1.165, 1.54) is 0 Å². The van der Waals surface area contributed by atoms with E-state index in [4.69, 9.17) is 27.6 Å². The molecule has 1 N–H and O–H groups in total. The van der Waals surface area contributed by atoms with Crippen LogP contribution in [-0.2, 0) is 0 Å². The minimum Gasteiger partial charge on any atom is -0.421 e. The molecule has 0 bridgehead atoms. The van der Waals surface area contributed by atoms with Crippen LogP contribution >= 0.6 is 23.2 Å². The number of aromatic nitrogens is 2. The summed E-state index contributed by atoms with van der Waals surface area (Å²) in [7, 11) is 0. The third-order valence-corrected chi connectivity index (χ3v) is 4.60. The van der Waals surface area contributed by atoms with Gasteiger partial charge in [0.1, 0.15) is 11.4 Å². The number of imidazole rings is 1. The summed E-state index contributed by atoms with van der Waals surface area (Å²) >= 11 is 12.1. The van der Waals surface area contributed by atoms with Crippen molar-refractivity contribution in [3.8, 4) is 11.4 Å². The van der Waals surface area contributed by atoms with Crippen molar-refractivity contribution in [1.82, 2.24) is 9.97 Å². The van der Waals surface area contributed by atoms with Gasteiger partial charge >= 0.3 is 5.63 Å². The predicted octanol–water partition coefficient (Wildman–Crippen LogP) is 5.26. The topological polar surface area (TPSA) is 58.9 Å². The van der Waals surface area contributed by atoms with Crippen LogP contribution in [0.2, 0.25) is 10.0 Å². The number of hydrogen-bond acceptors (Lipinski definition) is 3. The largest absolute Gasteiger partial charge is 0.421 e. The lowest BCUT2D eigenvalue weighted by molar-refractivity contribution is 0.563.